The zero-order chi connectivity index (χ0) is 10.8. The Kier molecular flexibility index (Phi) is 2.55. The number of H-pyrrole nitrogens is 1. The van der Waals surface area contributed by atoms with E-state index in [-0.39, 0.29) is 5.56 Å². The molecule has 80 valence electrons. The summed E-state index contributed by atoms with van der Waals surface area (Å²) in [5.41, 5.74) is 7.89. The average molecular weight is 206 g/mol. The van der Waals surface area contributed by atoms with E-state index in [4.69, 9.17) is 5.73 Å². The largest absolute Gasteiger partial charge is 0.330 e. The van der Waals surface area contributed by atoms with Crippen LogP contribution in [0.25, 0.3) is 5.65 Å². The van der Waals surface area contributed by atoms with Gasteiger partial charge in [0.25, 0.3) is 5.56 Å². The monoisotopic (exact) mass is 206 g/mol. The number of aromatic amines is 1. The SMILES string of the molecule is CCc1c[nH]n2c(=O)cc(CCN)nc12. The van der Waals surface area contributed by atoms with Crippen LogP contribution in [-0.4, -0.2) is 21.1 Å². The van der Waals surface area contributed by atoms with Gasteiger partial charge < -0.3 is 5.73 Å². The van der Waals surface area contributed by atoms with E-state index in [9.17, 15) is 4.79 Å². The van der Waals surface area contributed by atoms with Crippen molar-refractivity contribution in [2.45, 2.75) is 19.8 Å². The minimum absolute atomic E-state index is 0.0804. The van der Waals surface area contributed by atoms with Crippen LogP contribution in [0, 0.1) is 0 Å². The van der Waals surface area contributed by atoms with E-state index in [2.05, 4.69) is 10.1 Å². The van der Waals surface area contributed by atoms with Gasteiger partial charge in [-0.05, 0) is 13.0 Å². The van der Waals surface area contributed by atoms with Crippen LogP contribution in [0.3, 0.4) is 0 Å². The summed E-state index contributed by atoms with van der Waals surface area (Å²) in [4.78, 5) is 16.1. The number of aryl methyl sites for hydroxylation is 1. The third-order valence-corrected chi connectivity index (χ3v) is 2.41. The Hall–Kier alpha value is -1.62. The Balaban J connectivity index is 2.66. The minimum atomic E-state index is -0.0804. The minimum Gasteiger partial charge on any atom is -0.330 e. The van der Waals surface area contributed by atoms with Crippen molar-refractivity contribution < 1.29 is 0 Å². The summed E-state index contributed by atoms with van der Waals surface area (Å²) in [6.45, 7) is 2.54. The van der Waals surface area contributed by atoms with Gasteiger partial charge in [-0.2, -0.15) is 0 Å². The fraction of sp³-hybridized carbons (Fsp3) is 0.400. The highest BCUT2D eigenvalue weighted by Gasteiger charge is 2.06. The van der Waals surface area contributed by atoms with Crippen molar-refractivity contribution in [2.24, 2.45) is 5.73 Å². The number of hydrogen-bond donors (Lipinski definition) is 2. The molecule has 0 radical (unpaired) electrons. The molecule has 0 saturated heterocycles. The second-order valence-corrected chi connectivity index (χ2v) is 3.44. The smallest absolute Gasteiger partial charge is 0.272 e. The first-order valence-electron chi connectivity index (χ1n) is 5.05. The predicted octanol–water partition coefficient (Wildman–Crippen LogP) is 0.0862. The molecule has 2 aromatic heterocycles. The van der Waals surface area contributed by atoms with Crippen LogP contribution in [0.4, 0.5) is 0 Å². The van der Waals surface area contributed by atoms with Crippen LogP contribution in [0.15, 0.2) is 17.1 Å². The molecule has 0 saturated carbocycles. The summed E-state index contributed by atoms with van der Waals surface area (Å²) in [6, 6.07) is 1.52. The van der Waals surface area contributed by atoms with Crippen molar-refractivity contribution in [2.75, 3.05) is 6.54 Å². The Bertz CT molecular complexity index is 526. The molecule has 0 aliphatic heterocycles. The van der Waals surface area contributed by atoms with Gasteiger partial charge in [0.1, 0.15) is 0 Å². The zero-order valence-electron chi connectivity index (χ0n) is 8.66. The number of hydrogen-bond acceptors (Lipinski definition) is 3. The number of nitrogens with one attached hydrogen (secondary N) is 1. The highest BCUT2D eigenvalue weighted by Crippen LogP contribution is 2.06. The fourth-order valence-electron chi connectivity index (χ4n) is 1.61. The topological polar surface area (TPSA) is 76.2 Å². The van der Waals surface area contributed by atoms with Crippen molar-refractivity contribution in [1.29, 1.82) is 0 Å². The molecular formula is C10H14N4O. The third-order valence-electron chi connectivity index (χ3n) is 2.41. The van der Waals surface area contributed by atoms with E-state index in [0.29, 0.717) is 18.6 Å². The number of nitrogens with zero attached hydrogens (tertiary/aromatic N) is 2. The summed E-state index contributed by atoms with van der Waals surface area (Å²) >= 11 is 0. The van der Waals surface area contributed by atoms with Crippen LogP contribution in [-0.2, 0) is 12.8 Å². The van der Waals surface area contributed by atoms with Gasteiger partial charge in [-0.3, -0.25) is 9.89 Å². The maximum absolute atomic E-state index is 11.7. The van der Waals surface area contributed by atoms with E-state index < -0.39 is 0 Å². The van der Waals surface area contributed by atoms with E-state index in [0.717, 1.165) is 17.7 Å². The number of aromatic nitrogens is 3. The Morgan fingerprint density at radius 2 is 2.40 bits per heavy atom. The number of nitrogens with two attached hydrogens (primary N) is 1. The molecule has 0 aliphatic rings. The average Bonchev–Trinajstić information content (AvgIpc) is 2.61. The molecule has 0 amide bonds. The van der Waals surface area contributed by atoms with Gasteiger partial charge in [-0.1, -0.05) is 6.92 Å². The van der Waals surface area contributed by atoms with Crippen molar-refractivity contribution >= 4 is 5.65 Å². The molecule has 0 atom stereocenters. The Labute approximate surface area is 86.9 Å². The highest BCUT2D eigenvalue weighted by atomic mass is 16.1. The molecule has 5 heteroatoms. The first kappa shape index (κ1) is 9.92. The second-order valence-electron chi connectivity index (χ2n) is 3.44. The van der Waals surface area contributed by atoms with Crippen LogP contribution in [0.2, 0.25) is 0 Å². The maximum Gasteiger partial charge on any atom is 0.272 e. The molecule has 0 unspecified atom stereocenters. The number of fused-ring (bicyclic) bond motifs is 1. The van der Waals surface area contributed by atoms with Crippen molar-refractivity contribution in [1.82, 2.24) is 14.6 Å². The van der Waals surface area contributed by atoms with Gasteiger partial charge in [-0.15, -0.1) is 0 Å². The van der Waals surface area contributed by atoms with Gasteiger partial charge in [0, 0.05) is 29.9 Å². The van der Waals surface area contributed by atoms with Gasteiger partial charge >= 0.3 is 0 Å². The van der Waals surface area contributed by atoms with Crippen LogP contribution < -0.4 is 11.3 Å². The lowest BCUT2D eigenvalue weighted by atomic mass is 10.2. The first-order valence-corrected chi connectivity index (χ1v) is 5.05. The maximum atomic E-state index is 11.7. The molecule has 0 fully saturated rings. The van der Waals surface area contributed by atoms with Crippen molar-refractivity contribution in [3.63, 3.8) is 0 Å². The fourth-order valence-corrected chi connectivity index (χ4v) is 1.61. The van der Waals surface area contributed by atoms with E-state index in [1.165, 1.54) is 10.6 Å². The van der Waals surface area contributed by atoms with E-state index in [1.54, 1.807) is 0 Å². The van der Waals surface area contributed by atoms with Crippen LogP contribution in [0.1, 0.15) is 18.2 Å². The molecule has 5 nitrogen and oxygen atoms in total. The van der Waals surface area contributed by atoms with Crippen molar-refractivity contribution in [3.8, 4) is 0 Å². The predicted molar refractivity (Wildman–Crippen MR) is 57.9 cm³/mol. The summed E-state index contributed by atoms with van der Waals surface area (Å²) in [6.07, 6.45) is 3.31. The molecular weight excluding hydrogens is 192 g/mol. The summed E-state index contributed by atoms with van der Waals surface area (Å²) in [5.74, 6) is 0. The lowest BCUT2D eigenvalue weighted by Crippen LogP contribution is -2.17. The lowest BCUT2D eigenvalue weighted by Gasteiger charge is -1.99. The quantitative estimate of drug-likeness (QED) is 0.747. The Morgan fingerprint density at radius 1 is 1.60 bits per heavy atom. The zero-order valence-corrected chi connectivity index (χ0v) is 8.66. The summed E-state index contributed by atoms with van der Waals surface area (Å²) < 4.78 is 1.46. The van der Waals surface area contributed by atoms with Gasteiger partial charge in [0.2, 0.25) is 0 Å². The molecule has 0 spiro atoms. The van der Waals surface area contributed by atoms with Gasteiger partial charge in [0.05, 0.1) is 0 Å². The van der Waals surface area contributed by atoms with Crippen LogP contribution in [0.5, 0.6) is 0 Å². The lowest BCUT2D eigenvalue weighted by molar-refractivity contribution is 0.856. The van der Waals surface area contributed by atoms with Crippen molar-refractivity contribution in [3.05, 3.63) is 33.9 Å². The van der Waals surface area contributed by atoms with E-state index in [1.807, 2.05) is 13.1 Å². The standard InChI is InChI=1S/C10H14N4O/c1-2-7-6-12-14-9(15)5-8(3-4-11)13-10(7)14/h5-6,12H,2-4,11H2,1H3. The molecule has 15 heavy (non-hydrogen) atoms. The molecule has 0 bridgehead atoms. The summed E-state index contributed by atoms with van der Waals surface area (Å²) in [5, 5.41) is 2.89. The normalized spacial score (nSPS) is 11.1. The number of rotatable bonds is 3. The summed E-state index contributed by atoms with van der Waals surface area (Å²) in [7, 11) is 0. The molecule has 2 aromatic rings. The second kappa shape index (κ2) is 3.86. The molecule has 0 aromatic carbocycles. The molecule has 2 rings (SSSR count). The van der Waals surface area contributed by atoms with Gasteiger partial charge in [-0.25, -0.2) is 9.50 Å². The van der Waals surface area contributed by atoms with E-state index >= 15 is 0 Å². The first-order chi connectivity index (χ1) is 7.26. The molecule has 0 aliphatic carbocycles. The molecule has 3 N–H and O–H groups in total. The Morgan fingerprint density at radius 3 is 3.07 bits per heavy atom. The van der Waals surface area contributed by atoms with Crippen LogP contribution >= 0.6 is 0 Å². The molecule has 2 heterocycles. The van der Waals surface area contributed by atoms with Gasteiger partial charge in [0.15, 0.2) is 5.65 Å². The third kappa shape index (κ3) is 1.66. The highest BCUT2D eigenvalue weighted by molar-refractivity contribution is 5.46.